The summed E-state index contributed by atoms with van der Waals surface area (Å²) in [6.45, 7) is 2.57. The molecule has 2 aromatic rings. The van der Waals surface area contributed by atoms with E-state index in [2.05, 4.69) is 26.6 Å². The maximum absolute atomic E-state index is 12.8. The quantitative estimate of drug-likeness (QED) is 0.533. The van der Waals surface area contributed by atoms with E-state index < -0.39 is 0 Å². The SMILES string of the molecule is CCCOc1ccc(Br)cc1C(=O)Nc1cccc(NC(=O)C2CCCCC2)c1. The second-order valence-electron chi connectivity index (χ2n) is 7.35. The second kappa shape index (κ2) is 10.4. The molecule has 1 aliphatic carbocycles. The van der Waals surface area contributed by atoms with Gasteiger partial charge in [-0.1, -0.05) is 48.2 Å². The highest BCUT2D eigenvalue weighted by Crippen LogP contribution is 2.27. The van der Waals surface area contributed by atoms with Gasteiger partial charge < -0.3 is 15.4 Å². The van der Waals surface area contributed by atoms with Gasteiger partial charge in [0.15, 0.2) is 0 Å². The van der Waals surface area contributed by atoms with E-state index in [0.29, 0.717) is 29.3 Å². The molecule has 0 unspecified atom stereocenters. The average molecular weight is 459 g/mol. The zero-order valence-corrected chi connectivity index (χ0v) is 18.3. The minimum Gasteiger partial charge on any atom is -0.493 e. The maximum atomic E-state index is 12.8. The van der Waals surface area contributed by atoms with E-state index in [0.717, 1.165) is 36.6 Å². The number of rotatable bonds is 7. The van der Waals surface area contributed by atoms with Crippen molar-refractivity contribution in [2.45, 2.75) is 45.4 Å². The first kappa shape index (κ1) is 21.4. The molecule has 6 heteroatoms. The summed E-state index contributed by atoms with van der Waals surface area (Å²) in [4.78, 5) is 25.3. The van der Waals surface area contributed by atoms with E-state index in [1.165, 1.54) is 6.42 Å². The summed E-state index contributed by atoms with van der Waals surface area (Å²) in [6.07, 6.45) is 6.20. The number of halogens is 1. The lowest BCUT2D eigenvalue weighted by Gasteiger charge is -2.21. The van der Waals surface area contributed by atoms with E-state index in [4.69, 9.17) is 4.74 Å². The van der Waals surface area contributed by atoms with Crippen molar-refractivity contribution >= 4 is 39.1 Å². The van der Waals surface area contributed by atoms with Gasteiger partial charge in [0.25, 0.3) is 5.91 Å². The van der Waals surface area contributed by atoms with Crippen LogP contribution in [0.3, 0.4) is 0 Å². The number of amides is 2. The molecular weight excluding hydrogens is 432 g/mol. The zero-order valence-electron chi connectivity index (χ0n) is 16.7. The fourth-order valence-electron chi connectivity index (χ4n) is 3.50. The number of carbonyl (C=O) groups is 2. The van der Waals surface area contributed by atoms with Gasteiger partial charge in [-0.3, -0.25) is 9.59 Å². The molecule has 5 nitrogen and oxygen atoms in total. The van der Waals surface area contributed by atoms with Gasteiger partial charge in [0, 0.05) is 21.8 Å². The van der Waals surface area contributed by atoms with Crippen molar-refractivity contribution in [2.24, 2.45) is 5.92 Å². The van der Waals surface area contributed by atoms with Crippen LogP contribution in [0.25, 0.3) is 0 Å². The fourth-order valence-corrected chi connectivity index (χ4v) is 3.86. The Morgan fingerprint density at radius 3 is 2.48 bits per heavy atom. The molecule has 1 saturated carbocycles. The normalized spacial score (nSPS) is 14.3. The third-order valence-corrected chi connectivity index (χ3v) is 5.51. The molecule has 0 heterocycles. The minimum absolute atomic E-state index is 0.0652. The summed E-state index contributed by atoms with van der Waals surface area (Å²) >= 11 is 3.41. The average Bonchev–Trinajstić information content (AvgIpc) is 2.73. The Labute approximate surface area is 180 Å². The Balaban J connectivity index is 1.69. The standard InChI is InChI=1S/C23H27BrN2O3/c1-2-13-29-21-12-11-17(24)14-20(21)23(28)26-19-10-6-9-18(15-19)25-22(27)16-7-4-3-5-8-16/h6,9-12,14-16H,2-5,7-8,13H2,1H3,(H,25,27)(H,26,28). The molecule has 0 aromatic heterocycles. The van der Waals surface area contributed by atoms with Gasteiger partial charge >= 0.3 is 0 Å². The molecule has 29 heavy (non-hydrogen) atoms. The van der Waals surface area contributed by atoms with Gasteiger partial charge in [0.1, 0.15) is 5.75 Å². The molecule has 1 aliphatic rings. The third kappa shape index (κ3) is 6.07. The summed E-state index contributed by atoms with van der Waals surface area (Å²) in [7, 11) is 0. The minimum atomic E-state index is -0.256. The molecule has 1 fully saturated rings. The summed E-state index contributed by atoms with van der Waals surface area (Å²) in [5.41, 5.74) is 1.78. The van der Waals surface area contributed by atoms with Crippen LogP contribution in [0.15, 0.2) is 46.9 Å². The predicted octanol–water partition coefficient (Wildman–Crippen LogP) is 6.01. The molecule has 2 N–H and O–H groups in total. The first-order valence-electron chi connectivity index (χ1n) is 10.2. The van der Waals surface area contributed by atoms with Gasteiger partial charge in [-0.2, -0.15) is 0 Å². The van der Waals surface area contributed by atoms with E-state index in [1.54, 1.807) is 24.3 Å². The highest BCUT2D eigenvalue weighted by atomic mass is 79.9. The van der Waals surface area contributed by atoms with Crippen LogP contribution in [0.1, 0.15) is 55.8 Å². The van der Waals surface area contributed by atoms with Gasteiger partial charge in [0.2, 0.25) is 5.91 Å². The third-order valence-electron chi connectivity index (χ3n) is 5.01. The topological polar surface area (TPSA) is 67.4 Å². The fraction of sp³-hybridized carbons (Fsp3) is 0.391. The Morgan fingerprint density at radius 2 is 1.76 bits per heavy atom. The molecule has 3 rings (SSSR count). The largest absolute Gasteiger partial charge is 0.493 e. The Kier molecular flexibility index (Phi) is 7.69. The number of hydrogen-bond acceptors (Lipinski definition) is 3. The molecule has 2 aromatic carbocycles. The monoisotopic (exact) mass is 458 g/mol. The zero-order chi connectivity index (χ0) is 20.6. The van der Waals surface area contributed by atoms with Gasteiger partial charge in [0.05, 0.1) is 12.2 Å². The van der Waals surface area contributed by atoms with Crippen LogP contribution in [-0.2, 0) is 4.79 Å². The van der Waals surface area contributed by atoms with Crippen molar-refractivity contribution < 1.29 is 14.3 Å². The van der Waals surface area contributed by atoms with Crippen LogP contribution in [-0.4, -0.2) is 18.4 Å². The number of carbonyl (C=O) groups excluding carboxylic acids is 2. The van der Waals surface area contributed by atoms with E-state index in [9.17, 15) is 9.59 Å². The molecule has 0 saturated heterocycles. The van der Waals surface area contributed by atoms with Crippen LogP contribution in [0.4, 0.5) is 11.4 Å². The Bertz CT molecular complexity index is 863. The summed E-state index contributed by atoms with van der Waals surface area (Å²) in [6, 6.07) is 12.6. The van der Waals surface area contributed by atoms with Crippen molar-refractivity contribution in [2.75, 3.05) is 17.2 Å². The van der Waals surface area contributed by atoms with Crippen LogP contribution in [0.5, 0.6) is 5.75 Å². The molecule has 0 aliphatic heterocycles. The molecule has 154 valence electrons. The van der Waals surface area contributed by atoms with Gasteiger partial charge in [-0.25, -0.2) is 0 Å². The van der Waals surface area contributed by atoms with Gasteiger partial charge in [-0.05, 0) is 55.7 Å². The number of nitrogens with one attached hydrogen (secondary N) is 2. The van der Waals surface area contributed by atoms with Crippen molar-refractivity contribution in [1.82, 2.24) is 0 Å². The van der Waals surface area contributed by atoms with Crippen LogP contribution >= 0.6 is 15.9 Å². The molecule has 0 bridgehead atoms. The van der Waals surface area contributed by atoms with E-state index >= 15 is 0 Å². The molecular formula is C23H27BrN2O3. The van der Waals surface area contributed by atoms with Crippen LogP contribution in [0, 0.1) is 5.92 Å². The summed E-state index contributed by atoms with van der Waals surface area (Å²) in [5.74, 6) is 0.444. The maximum Gasteiger partial charge on any atom is 0.259 e. The Hall–Kier alpha value is -2.34. The van der Waals surface area contributed by atoms with Gasteiger partial charge in [-0.15, -0.1) is 0 Å². The number of hydrogen-bond donors (Lipinski definition) is 2. The number of benzene rings is 2. The van der Waals surface area contributed by atoms with Crippen molar-refractivity contribution in [1.29, 1.82) is 0 Å². The van der Waals surface area contributed by atoms with E-state index in [-0.39, 0.29) is 17.7 Å². The van der Waals surface area contributed by atoms with Crippen LogP contribution in [0.2, 0.25) is 0 Å². The lowest BCUT2D eigenvalue weighted by molar-refractivity contribution is -0.120. The predicted molar refractivity (Wildman–Crippen MR) is 120 cm³/mol. The van der Waals surface area contributed by atoms with Crippen molar-refractivity contribution in [3.8, 4) is 5.75 Å². The summed E-state index contributed by atoms with van der Waals surface area (Å²) < 4.78 is 6.51. The van der Waals surface area contributed by atoms with Crippen molar-refractivity contribution in [3.05, 3.63) is 52.5 Å². The Morgan fingerprint density at radius 1 is 1.03 bits per heavy atom. The molecule has 2 amide bonds. The van der Waals surface area contributed by atoms with Crippen LogP contribution < -0.4 is 15.4 Å². The first-order chi connectivity index (χ1) is 14.1. The lowest BCUT2D eigenvalue weighted by Crippen LogP contribution is -2.24. The highest BCUT2D eigenvalue weighted by molar-refractivity contribution is 9.10. The lowest BCUT2D eigenvalue weighted by atomic mass is 9.88. The number of anilines is 2. The van der Waals surface area contributed by atoms with Crippen molar-refractivity contribution in [3.63, 3.8) is 0 Å². The summed E-state index contributed by atoms with van der Waals surface area (Å²) in [5, 5.41) is 5.90. The second-order valence-corrected chi connectivity index (χ2v) is 8.26. The molecule has 0 atom stereocenters. The highest BCUT2D eigenvalue weighted by Gasteiger charge is 2.21. The molecule has 0 radical (unpaired) electrons. The van der Waals surface area contributed by atoms with E-state index in [1.807, 2.05) is 25.1 Å². The smallest absolute Gasteiger partial charge is 0.259 e. The number of ether oxygens (including phenoxy) is 1. The first-order valence-corrected chi connectivity index (χ1v) is 11.0. The molecule has 0 spiro atoms.